The Kier molecular flexibility index (Phi) is 7.41. The van der Waals surface area contributed by atoms with Crippen LogP contribution in [0.25, 0.3) is 34.2 Å². The van der Waals surface area contributed by atoms with Crippen molar-refractivity contribution in [3.63, 3.8) is 0 Å². The lowest BCUT2D eigenvalue weighted by molar-refractivity contribution is 0.281. The van der Waals surface area contributed by atoms with Crippen molar-refractivity contribution in [3.8, 4) is 11.1 Å². The van der Waals surface area contributed by atoms with E-state index in [2.05, 4.69) is 59.9 Å². The molecule has 1 heterocycles. The Balaban J connectivity index is 1.36. The normalized spacial score (nSPS) is 18.2. The van der Waals surface area contributed by atoms with Crippen LogP contribution in [-0.4, -0.2) is 23.1 Å². The number of rotatable bonds is 7. The van der Waals surface area contributed by atoms with Gasteiger partial charge in [0.05, 0.1) is 5.52 Å². The molecular weight excluding hydrogens is 452 g/mol. The van der Waals surface area contributed by atoms with Crippen LogP contribution >= 0.6 is 11.6 Å². The van der Waals surface area contributed by atoms with Gasteiger partial charge in [-0.1, -0.05) is 78.7 Å². The Morgan fingerprint density at radius 3 is 2.46 bits per heavy atom. The summed E-state index contributed by atoms with van der Waals surface area (Å²) in [5.41, 5.74) is 10.3. The summed E-state index contributed by atoms with van der Waals surface area (Å²) in [6.07, 6.45) is 8.95. The number of halogens is 1. The van der Waals surface area contributed by atoms with Crippen LogP contribution in [0.4, 0.5) is 5.82 Å². The second kappa shape index (κ2) is 11.0. The van der Waals surface area contributed by atoms with Gasteiger partial charge in [0.15, 0.2) is 5.82 Å². The first-order chi connectivity index (χ1) is 17.2. The molecule has 2 unspecified atom stereocenters. The van der Waals surface area contributed by atoms with Crippen LogP contribution in [0.1, 0.15) is 37.1 Å². The summed E-state index contributed by atoms with van der Waals surface area (Å²) in [6, 6.07) is 24.7. The van der Waals surface area contributed by atoms with Gasteiger partial charge in [0.2, 0.25) is 0 Å². The van der Waals surface area contributed by atoms with E-state index in [0.717, 1.165) is 35.4 Å². The third-order valence-electron chi connectivity index (χ3n) is 6.90. The van der Waals surface area contributed by atoms with Gasteiger partial charge >= 0.3 is 0 Å². The number of aromatic nitrogens is 2. The van der Waals surface area contributed by atoms with E-state index >= 15 is 0 Å². The highest BCUT2D eigenvalue weighted by molar-refractivity contribution is 6.31. The fraction of sp³-hybridized carbons (Fsp3) is 0.267. The van der Waals surface area contributed by atoms with Crippen molar-refractivity contribution in [2.45, 2.75) is 25.7 Å². The maximum Gasteiger partial charge on any atom is 0.154 e. The summed E-state index contributed by atoms with van der Waals surface area (Å²) in [5, 5.41) is 5.28. The summed E-state index contributed by atoms with van der Waals surface area (Å²) < 4.78 is 0. The molecule has 4 aromatic rings. The topological polar surface area (TPSA) is 63.8 Å². The molecule has 0 amide bonds. The van der Waals surface area contributed by atoms with Gasteiger partial charge in [-0.3, -0.25) is 0 Å². The quantitative estimate of drug-likeness (QED) is 0.290. The molecule has 1 saturated carbocycles. The summed E-state index contributed by atoms with van der Waals surface area (Å²) in [7, 11) is 0. The lowest BCUT2D eigenvalue weighted by Gasteiger charge is -2.28. The molecule has 0 radical (unpaired) electrons. The Morgan fingerprint density at radius 2 is 1.66 bits per heavy atom. The number of hydrogen-bond acceptors (Lipinski definition) is 4. The summed E-state index contributed by atoms with van der Waals surface area (Å²) in [4.78, 5) is 9.62. The van der Waals surface area contributed by atoms with Crippen LogP contribution in [0.3, 0.4) is 0 Å². The molecule has 1 aromatic heterocycles. The first-order valence-electron chi connectivity index (χ1n) is 12.4. The van der Waals surface area contributed by atoms with Gasteiger partial charge < -0.3 is 11.1 Å². The Morgan fingerprint density at radius 1 is 0.886 bits per heavy atom. The van der Waals surface area contributed by atoms with E-state index in [4.69, 9.17) is 27.3 Å². The van der Waals surface area contributed by atoms with Crippen LogP contribution < -0.4 is 11.1 Å². The standard InChI is InChI=1S/C30H31ClN4/c31-26-14-15-27-28(18-26)34-29(35-30(27)33-20-23-6-4-5-22(17-23)19-32)16-11-21-9-12-25(13-10-21)24-7-2-1-3-8-24/h1-3,7-16,18,22-23H,4-6,17,19-20,32H2,(H,33,34,35). The van der Waals surface area contributed by atoms with Crippen molar-refractivity contribution in [1.82, 2.24) is 9.97 Å². The zero-order chi connectivity index (χ0) is 24.0. The molecule has 3 N–H and O–H groups in total. The molecule has 0 aliphatic heterocycles. The van der Waals surface area contributed by atoms with E-state index in [9.17, 15) is 0 Å². The van der Waals surface area contributed by atoms with Crippen LogP contribution in [0.15, 0.2) is 72.8 Å². The third kappa shape index (κ3) is 5.90. The molecule has 1 fully saturated rings. The average molecular weight is 483 g/mol. The molecule has 3 aromatic carbocycles. The smallest absolute Gasteiger partial charge is 0.154 e. The predicted molar refractivity (Wildman–Crippen MR) is 148 cm³/mol. The number of benzene rings is 3. The van der Waals surface area contributed by atoms with Crippen LogP contribution in [0, 0.1) is 11.8 Å². The van der Waals surface area contributed by atoms with Gasteiger partial charge in [-0.2, -0.15) is 0 Å². The molecule has 0 saturated heterocycles. The minimum Gasteiger partial charge on any atom is -0.369 e. The van der Waals surface area contributed by atoms with Crippen molar-refractivity contribution in [2.75, 3.05) is 18.4 Å². The first-order valence-corrected chi connectivity index (χ1v) is 12.8. The number of anilines is 1. The van der Waals surface area contributed by atoms with E-state index in [1.54, 1.807) is 0 Å². The van der Waals surface area contributed by atoms with E-state index < -0.39 is 0 Å². The molecule has 0 bridgehead atoms. The molecule has 5 rings (SSSR count). The number of nitrogens with two attached hydrogens (primary N) is 1. The van der Waals surface area contributed by atoms with Gasteiger partial charge in [-0.25, -0.2) is 9.97 Å². The maximum absolute atomic E-state index is 6.28. The molecular formula is C30H31ClN4. The minimum absolute atomic E-state index is 0.622. The molecule has 35 heavy (non-hydrogen) atoms. The molecule has 0 spiro atoms. The Hall–Kier alpha value is -3.21. The van der Waals surface area contributed by atoms with Crippen LogP contribution in [-0.2, 0) is 0 Å². The third-order valence-corrected chi connectivity index (χ3v) is 7.14. The van der Waals surface area contributed by atoms with Crippen molar-refractivity contribution in [3.05, 3.63) is 89.2 Å². The molecule has 178 valence electrons. The predicted octanol–water partition coefficient (Wildman–Crippen LogP) is 7.30. The summed E-state index contributed by atoms with van der Waals surface area (Å²) >= 11 is 6.28. The maximum atomic E-state index is 6.28. The lowest BCUT2D eigenvalue weighted by atomic mass is 9.81. The largest absolute Gasteiger partial charge is 0.369 e. The fourth-order valence-corrected chi connectivity index (χ4v) is 5.13. The number of nitrogens with one attached hydrogen (secondary N) is 1. The van der Waals surface area contributed by atoms with Crippen LogP contribution in [0.5, 0.6) is 0 Å². The molecule has 4 nitrogen and oxygen atoms in total. The Labute approximate surface area is 212 Å². The molecule has 5 heteroatoms. The van der Waals surface area contributed by atoms with Crippen molar-refractivity contribution < 1.29 is 0 Å². The van der Waals surface area contributed by atoms with Gasteiger partial charge in [0.1, 0.15) is 5.82 Å². The average Bonchev–Trinajstić information content (AvgIpc) is 2.91. The monoisotopic (exact) mass is 482 g/mol. The fourth-order valence-electron chi connectivity index (χ4n) is 4.96. The van der Waals surface area contributed by atoms with Gasteiger partial charge in [-0.15, -0.1) is 0 Å². The van der Waals surface area contributed by atoms with Gasteiger partial charge in [0, 0.05) is 17.0 Å². The first kappa shape index (κ1) is 23.5. The number of nitrogens with zero attached hydrogens (tertiary/aromatic N) is 2. The van der Waals surface area contributed by atoms with E-state index in [0.29, 0.717) is 22.7 Å². The second-order valence-corrected chi connectivity index (χ2v) is 9.86. The van der Waals surface area contributed by atoms with Gasteiger partial charge in [-0.05, 0) is 78.6 Å². The highest BCUT2D eigenvalue weighted by atomic mass is 35.5. The summed E-state index contributed by atoms with van der Waals surface area (Å²) in [5.74, 6) is 2.79. The SMILES string of the molecule is NCC1CCCC(CNc2nc(C=Cc3ccc(-c4ccccc4)cc3)nc3cc(Cl)ccc23)C1. The summed E-state index contributed by atoms with van der Waals surface area (Å²) in [6.45, 7) is 1.68. The second-order valence-electron chi connectivity index (χ2n) is 9.43. The minimum atomic E-state index is 0.622. The zero-order valence-electron chi connectivity index (χ0n) is 19.8. The van der Waals surface area contributed by atoms with Crippen LogP contribution in [0.2, 0.25) is 5.02 Å². The molecule has 2 atom stereocenters. The molecule has 1 aliphatic rings. The number of fused-ring (bicyclic) bond motifs is 1. The van der Waals surface area contributed by atoms with E-state index in [1.807, 2.05) is 30.3 Å². The van der Waals surface area contributed by atoms with Crippen molar-refractivity contribution >= 4 is 40.5 Å². The highest BCUT2D eigenvalue weighted by Crippen LogP contribution is 2.30. The van der Waals surface area contributed by atoms with Crippen molar-refractivity contribution in [1.29, 1.82) is 0 Å². The molecule has 1 aliphatic carbocycles. The Bertz CT molecular complexity index is 1300. The van der Waals surface area contributed by atoms with Gasteiger partial charge in [0.25, 0.3) is 0 Å². The van der Waals surface area contributed by atoms with E-state index in [-0.39, 0.29) is 0 Å². The number of hydrogen-bond donors (Lipinski definition) is 2. The highest BCUT2D eigenvalue weighted by Gasteiger charge is 2.21. The zero-order valence-corrected chi connectivity index (χ0v) is 20.6. The lowest BCUT2D eigenvalue weighted by Crippen LogP contribution is -2.26. The van der Waals surface area contributed by atoms with E-state index in [1.165, 1.54) is 36.8 Å². The van der Waals surface area contributed by atoms with Crippen molar-refractivity contribution in [2.24, 2.45) is 17.6 Å².